The zero-order valence-corrected chi connectivity index (χ0v) is 12.5. The summed E-state index contributed by atoms with van der Waals surface area (Å²) < 4.78 is 1.03. The van der Waals surface area contributed by atoms with Crippen LogP contribution in [0, 0.1) is 12.8 Å². The highest BCUT2D eigenvalue weighted by Crippen LogP contribution is 2.21. The molecule has 0 saturated carbocycles. The third kappa shape index (κ3) is 3.25. The minimum absolute atomic E-state index is 0.0203. The number of nitrogens with zero attached hydrogens (tertiary/aromatic N) is 1. The maximum Gasteiger partial charge on any atom is 0.321 e. The summed E-state index contributed by atoms with van der Waals surface area (Å²) >= 11 is 3.42. The van der Waals surface area contributed by atoms with E-state index in [0.29, 0.717) is 5.92 Å². The fourth-order valence-corrected chi connectivity index (χ4v) is 2.81. The van der Waals surface area contributed by atoms with Gasteiger partial charge in [-0.3, -0.25) is 0 Å². The largest absolute Gasteiger partial charge is 0.324 e. The van der Waals surface area contributed by atoms with Crippen molar-refractivity contribution < 1.29 is 4.79 Å². The first-order valence-electron chi connectivity index (χ1n) is 6.38. The van der Waals surface area contributed by atoms with E-state index in [9.17, 15) is 4.79 Å². The Hall–Kier alpha value is -1.03. The molecule has 3 nitrogen and oxygen atoms in total. The van der Waals surface area contributed by atoms with Crippen LogP contribution in [0.25, 0.3) is 0 Å². The molecule has 1 aliphatic rings. The Morgan fingerprint density at radius 2 is 2.28 bits per heavy atom. The molecular formula is C14H19BrN2O. The lowest BCUT2D eigenvalue weighted by molar-refractivity contribution is 0.182. The molecule has 18 heavy (non-hydrogen) atoms. The molecular weight excluding hydrogens is 292 g/mol. The summed E-state index contributed by atoms with van der Waals surface area (Å²) in [5.41, 5.74) is 1.96. The number of nitrogens with one attached hydrogen (secondary N) is 1. The molecule has 1 atom stereocenters. The number of halogens is 1. The number of hydrogen-bond donors (Lipinski definition) is 1. The van der Waals surface area contributed by atoms with Crippen LogP contribution >= 0.6 is 15.9 Å². The molecule has 0 aromatic heterocycles. The van der Waals surface area contributed by atoms with Gasteiger partial charge in [-0.05, 0) is 49.4 Å². The smallest absolute Gasteiger partial charge is 0.321 e. The summed E-state index contributed by atoms with van der Waals surface area (Å²) in [4.78, 5) is 14.1. The monoisotopic (exact) mass is 310 g/mol. The Morgan fingerprint density at radius 3 is 2.94 bits per heavy atom. The lowest BCUT2D eigenvalue weighted by Gasteiger charge is -2.31. The van der Waals surface area contributed by atoms with Crippen molar-refractivity contribution in [2.45, 2.75) is 26.7 Å². The van der Waals surface area contributed by atoms with Crippen LogP contribution in [0.5, 0.6) is 0 Å². The highest BCUT2D eigenvalue weighted by Gasteiger charge is 2.21. The molecule has 1 aromatic rings. The fraction of sp³-hybridized carbons (Fsp3) is 0.500. The summed E-state index contributed by atoms with van der Waals surface area (Å²) in [7, 11) is 0. The second-order valence-corrected chi connectivity index (χ2v) is 6.00. The van der Waals surface area contributed by atoms with Gasteiger partial charge in [0.25, 0.3) is 0 Å². The van der Waals surface area contributed by atoms with Crippen molar-refractivity contribution in [2.24, 2.45) is 5.92 Å². The van der Waals surface area contributed by atoms with Crippen molar-refractivity contribution >= 4 is 27.6 Å². The zero-order chi connectivity index (χ0) is 13.1. The van der Waals surface area contributed by atoms with Crippen molar-refractivity contribution in [3.63, 3.8) is 0 Å². The van der Waals surface area contributed by atoms with Gasteiger partial charge in [0.05, 0.1) is 0 Å². The van der Waals surface area contributed by atoms with Crippen molar-refractivity contribution in [1.29, 1.82) is 0 Å². The molecule has 1 aliphatic heterocycles. The topological polar surface area (TPSA) is 32.3 Å². The lowest BCUT2D eigenvalue weighted by atomic mass is 10.0. The zero-order valence-electron chi connectivity index (χ0n) is 10.9. The number of carbonyl (C=O) groups is 1. The van der Waals surface area contributed by atoms with E-state index in [1.807, 2.05) is 30.0 Å². The number of benzene rings is 1. The number of urea groups is 1. The van der Waals surface area contributed by atoms with Crippen LogP contribution in [0.4, 0.5) is 10.5 Å². The van der Waals surface area contributed by atoms with Gasteiger partial charge in [-0.2, -0.15) is 0 Å². The number of piperidine rings is 1. The Bertz CT molecular complexity index is 447. The Balaban J connectivity index is 2.02. The minimum Gasteiger partial charge on any atom is -0.324 e. The lowest BCUT2D eigenvalue weighted by Crippen LogP contribution is -2.41. The molecule has 1 aromatic carbocycles. The molecule has 2 rings (SSSR count). The van der Waals surface area contributed by atoms with Crippen molar-refractivity contribution in [3.8, 4) is 0 Å². The van der Waals surface area contributed by atoms with Gasteiger partial charge in [-0.25, -0.2) is 4.79 Å². The molecule has 1 N–H and O–H groups in total. The number of aryl methyl sites for hydroxylation is 1. The SMILES string of the molecule is Cc1cc(Br)ccc1NC(=O)N1CCC[C@H](C)C1. The second kappa shape index (κ2) is 5.74. The van der Waals surface area contributed by atoms with Gasteiger partial charge >= 0.3 is 6.03 Å². The summed E-state index contributed by atoms with van der Waals surface area (Å²) in [6.07, 6.45) is 2.33. The molecule has 0 radical (unpaired) electrons. The molecule has 1 saturated heterocycles. The van der Waals surface area contributed by atoms with Crippen LogP contribution in [-0.2, 0) is 0 Å². The van der Waals surface area contributed by atoms with Crippen LogP contribution in [0.15, 0.2) is 22.7 Å². The molecule has 2 amide bonds. The Morgan fingerprint density at radius 1 is 1.50 bits per heavy atom. The predicted molar refractivity (Wildman–Crippen MR) is 77.9 cm³/mol. The first kappa shape index (κ1) is 13.4. The van der Waals surface area contributed by atoms with Gasteiger partial charge in [0.1, 0.15) is 0 Å². The van der Waals surface area contributed by atoms with E-state index in [2.05, 4.69) is 28.2 Å². The Labute approximate surface area is 117 Å². The highest BCUT2D eigenvalue weighted by atomic mass is 79.9. The van der Waals surface area contributed by atoms with Gasteiger partial charge in [0.15, 0.2) is 0 Å². The average molecular weight is 311 g/mol. The molecule has 0 aliphatic carbocycles. The normalized spacial score (nSPS) is 19.7. The van der Waals surface area contributed by atoms with Crippen LogP contribution in [0.3, 0.4) is 0 Å². The molecule has 4 heteroatoms. The van der Waals surface area contributed by atoms with Crippen molar-refractivity contribution in [3.05, 3.63) is 28.2 Å². The van der Waals surface area contributed by atoms with Gasteiger partial charge in [0.2, 0.25) is 0 Å². The summed E-state index contributed by atoms with van der Waals surface area (Å²) in [5.74, 6) is 0.607. The van der Waals surface area contributed by atoms with Gasteiger partial charge < -0.3 is 10.2 Å². The summed E-state index contributed by atoms with van der Waals surface area (Å²) in [6.45, 7) is 5.93. The molecule has 98 valence electrons. The van der Waals surface area contributed by atoms with Crippen molar-refractivity contribution in [1.82, 2.24) is 4.90 Å². The standard InChI is InChI=1S/C14H19BrN2O/c1-10-4-3-7-17(9-10)14(18)16-13-6-5-12(15)8-11(13)2/h5-6,8,10H,3-4,7,9H2,1-2H3,(H,16,18)/t10-/m0/s1. The number of carbonyl (C=O) groups excluding carboxylic acids is 1. The molecule has 0 bridgehead atoms. The molecule has 0 unspecified atom stereocenters. The van der Waals surface area contributed by atoms with E-state index in [4.69, 9.17) is 0 Å². The molecule has 1 heterocycles. The number of likely N-dealkylation sites (tertiary alicyclic amines) is 1. The fourth-order valence-electron chi connectivity index (χ4n) is 2.34. The minimum atomic E-state index is 0.0203. The average Bonchev–Trinajstić information content (AvgIpc) is 2.32. The quantitative estimate of drug-likeness (QED) is 0.834. The van der Waals surface area contributed by atoms with E-state index in [0.717, 1.165) is 35.2 Å². The Kier molecular flexibility index (Phi) is 4.27. The number of anilines is 1. The molecule has 0 spiro atoms. The van der Waals surface area contributed by atoms with E-state index in [1.54, 1.807) is 0 Å². The van der Waals surface area contributed by atoms with Crippen LogP contribution in [-0.4, -0.2) is 24.0 Å². The van der Waals surface area contributed by atoms with Gasteiger partial charge in [-0.15, -0.1) is 0 Å². The summed E-state index contributed by atoms with van der Waals surface area (Å²) in [5, 5.41) is 2.99. The predicted octanol–water partition coefficient (Wildman–Crippen LogP) is 4.02. The van der Waals surface area contributed by atoms with E-state index in [-0.39, 0.29) is 6.03 Å². The van der Waals surface area contributed by atoms with Gasteiger partial charge in [-0.1, -0.05) is 22.9 Å². The number of hydrogen-bond acceptors (Lipinski definition) is 1. The highest BCUT2D eigenvalue weighted by molar-refractivity contribution is 9.10. The first-order valence-corrected chi connectivity index (χ1v) is 7.17. The summed E-state index contributed by atoms with van der Waals surface area (Å²) in [6, 6.07) is 5.91. The number of amides is 2. The maximum atomic E-state index is 12.2. The third-order valence-corrected chi connectivity index (χ3v) is 3.87. The van der Waals surface area contributed by atoms with Crippen LogP contribution in [0.2, 0.25) is 0 Å². The van der Waals surface area contributed by atoms with Gasteiger partial charge in [0, 0.05) is 23.2 Å². The molecule has 1 fully saturated rings. The van der Waals surface area contributed by atoms with E-state index >= 15 is 0 Å². The van der Waals surface area contributed by atoms with E-state index in [1.165, 1.54) is 6.42 Å². The third-order valence-electron chi connectivity index (χ3n) is 3.37. The first-order chi connectivity index (χ1) is 8.56. The number of rotatable bonds is 1. The second-order valence-electron chi connectivity index (χ2n) is 5.08. The van der Waals surface area contributed by atoms with E-state index < -0.39 is 0 Å². The van der Waals surface area contributed by atoms with Crippen LogP contribution in [0.1, 0.15) is 25.3 Å². The van der Waals surface area contributed by atoms with Crippen LogP contribution < -0.4 is 5.32 Å². The van der Waals surface area contributed by atoms with Crippen molar-refractivity contribution in [2.75, 3.05) is 18.4 Å². The maximum absolute atomic E-state index is 12.2.